The van der Waals surface area contributed by atoms with Crippen molar-refractivity contribution in [2.24, 2.45) is 0 Å². The lowest BCUT2D eigenvalue weighted by atomic mass is 9.97. The second kappa shape index (κ2) is 7.85. The van der Waals surface area contributed by atoms with Crippen molar-refractivity contribution in [2.45, 2.75) is 32.1 Å². The molecule has 0 aliphatic heterocycles. The number of amides is 1. The Labute approximate surface area is 122 Å². The second-order valence-electron chi connectivity index (χ2n) is 4.76. The van der Waals surface area contributed by atoms with Crippen LogP contribution in [-0.2, 0) is 9.53 Å². The molecule has 20 heavy (non-hydrogen) atoms. The fourth-order valence-electron chi connectivity index (χ4n) is 2.14. The number of hydrogen-bond acceptors (Lipinski definition) is 4. The molecule has 108 valence electrons. The Hall–Kier alpha value is -1.62. The van der Waals surface area contributed by atoms with Gasteiger partial charge >= 0.3 is 5.97 Å². The SMILES string of the molecule is O=C(COC(=O)c1cccs1)NCCC1=CCCCC1. The van der Waals surface area contributed by atoms with Crippen LogP contribution in [-0.4, -0.2) is 25.0 Å². The summed E-state index contributed by atoms with van der Waals surface area (Å²) in [6, 6.07) is 3.46. The summed E-state index contributed by atoms with van der Waals surface area (Å²) in [6.07, 6.45) is 7.98. The maximum Gasteiger partial charge on any atom is 0.348 e. The predicted octanol–water partition coefficient (Wildman–Crippen LogP) is 2.91. The molecule has 0 atom stereocenters. The third-order valence-corrected chi connectivity index (χ3v) is 4.06. The molecular formula is C15H19NO3S. The van der Waals surface area contributed by atoms with Crippen LogP contribution in [0.1, 0.15) is 41.8 Å². The Morgan fingerprint density at radius 2 is 2.25 bits per heavy atom. The van der Waals surface area contributed by atoms with E-state index in [1.54, 1.807) is 17.5 Å². The third-order valence-electron chi connectivity index (χ3n) is 3.21. The number of nitrogens with one attached hydrogen (secondary N) is 1. The van der Waals surface area contributed by atoms with Gasteiger partial charge in [-0.2, -0.15) is 0 Å². The first-order chi connectivity index (χ1) is 9.75. The molecule has 0 saturated heterocycles. The van der Waals surface area contributed by atoms with Gasteiger partial charge in [-0.1, -0.05) is 17.7 Å². The zero-order valence-electron chi connectivity index (χ0n) is 11.4. The number of thiophene rings is 1. The molecule has 5 heteroatoms. The maximum atomic E-state index is 11.6. The molecule has 0 spiro atoms. The number of esters is 1. The van der Waals surface area contributed by atoms with Gasteiger partial charge in [0.25, 0.3) is 5.91 Å². The molecule has 4 nitrogen and oxygen atoms in total. The van der Waals surface area contributed by atoms with E-state index >= 15 is 0 Å². The molecule has 1 aromatic heterocycles. The Kier molecular flexibility index (Phi) is 5.80. The van der Waals surface area contributed by atoms with Gasteiger partial charge in [0, 0.05) is 6.54 Å². The summed E-state index contributed by atoms with van der Waals surface area (Å²) in [7, 11) is 0. The topological polar surface area (TPSA) is 55.4 Å². The van der Waals surface area contributed by atoms with Gasteiger partial charge in [-0.15, -0.1) is 11.3 Å². The number of carbonyl (C=O) groups is 2. The highest BCUT2D eigenvalue weighted by molar-refractivity contribution is 7.11. The minimum Gasteiger partial charge on any atom is -0.451 e. The minimum atomic E-state index is -0.440. The van der Waals surface area contributed by atoms with Gasteiger partial charge in [0.2, 0.25) is 0 Å². The van der Waals surface area contributed by atoms with E-state index in [4.69, 9.17) is 4.74 Å². The van der Waals surface area contributed by atoms with Crippen molar-refractivity contribution in [3.8, 4) is 0 Å². The smallest absolute Gasteiger partial charge is 0.348 e. The highest BCUT2D eigenvalue weighted by atomic mass is 32.1. The predicted molar refractivity (Wildman–Crippen MR) is 78.8 cm³/mol. The van der Waals surface area contributed by atoms with Crippen molar-refractivity contribution in [2.75, 3.05) is 13.2 Å². The normalized spacial score (nSPS) is 14.5. The lowest BCUT2D eigenvalue weighted by molar-refractivity contribution is -0.124. The van der Waals surface area contributed by atoms with Crippen molar-refractivity contribution in [3.63, 3.8) is 0 Å². The van der Waals surface area contributed by atoms with Crippen LogP contribution in [0.15, 0.2) is 29.2 Å². The van der Waals surface area contributed by atoms with Crippen molar-refractivity contribution in [1.29, 1.82) is 0 Å². The van der Waals surface area contributed by atoms with Gasteiger partial charge in [0.15, 0.2) is 6.61 Å². The third kappa shape index (κ3) is 4.81. The molecule has 1 N–H and O–H groups in total. The number of rotatable bonds is 6. The lowest BCUT2D eigenvalue weighted by Crippen LogP contribution is -2.29. The summed E-state index contributed by atoms with van der Waals surface area (Å²) in [5, 5.41) is 4.58. The summed E-state index contributed by atoms with van der Waals surface area (Å²) in [5.74, 6) is -0.684. The zero-order chi connectivity index (χ0) is 14.2. The Morgan fingerprint density at radius 1 is 1.35 bits per heavy atom. The largest absolute Gasteiger partial charge is 0.451 e. The molecular weight excluding hydrogens is 274 g/mol. The molecule has 1 aliphatic rings. The summed E-state index contributed by atoms with van der Waals surface area (Å²) in [5.41, 5.74) is 1.42. The summed E-state index contributed by atoms with van der Waals surface area (Å²) in [6.45, 7) is 0.400. The fraction of sp³-hybridized carbons (Fsp3) is 0.467. The molecule has 1 amide bonds. The number of ether oxygens (including phenoxy) is 1. The van der Waals surface area contributed by atoms with Gasteiger partial charge in [-0.05, 0) is 43.6 Å². The summed E-state index contributed by atoms with van der Waals surface area (Å²) in [4.78, 5) is 23.6. The molecule has 0 aromatic carbocycles. The molecule has 1 aliphatic carbocycles. The molecule has 0 radical (unpaired) electrons. The summed E-state index contributed by atoms with van der Waals surface area (Å²) >= 11 is 1.31. The number of carbonyl (C=O) groups excluding carboxylic acids is 2. The van der Waals surface area contributed by atoms with Crippen molar-refractivity contribution in [3.05, 3.63) is 34.0 Å². The van der Waals surface area contributed by atoms with E-state index in [1.807, 2.05) is 0 Å². The first-order valence-electron chi connectivity index (χ1n) is 6.91. The minimum absolute atomic E-state index is 0.213. The molecule has 0 bridgehead atoms. The zero-order valence-corrected chi connectivity index (χ0v) is 12.2. The molecule has 0 unspecified atom stereocenters. The van der Waals surface area contributed by atoms with E-state index in [0.29, 0.717) is 11.4 Å². The standard InChI is InChI=1S/C15H19NO3S/c17-14(11-19-15(18)13-7-4-10-20-13)16-9-8-12-5-2-1-3-6-12/h4-5,7,10H,1-3,6,8-9,11H2,(H,16,17). The van der Waals surface area contributed by atoms with Crippen molar-refractivity contribution < 1.29 is 14.3 Å². The number of hydrogen-bond donors (Lipinski definition) is 1. The average Bonchev–Trinajstić information content (AvgIpc) is 3.00. The van der Waals surface area contributed by atoms with Crippen molar-refractivity contribution >= 4 is 23.2 Å². The lowest BCUT2D eigenvalue weighted by Gasteiger charge is -2.12. The van der Waals surface area contributed by atoms with Crippen LogP contribution in [0.5, 0.6) is 0 Å². The van der Waals surface area contributed by atoms with Gasteiger partial charge < -0.3 is 10.1 Å². The number of allylic oxidation sites excluding steroid dienone is 1. The van der Waals surface area contributed by atoms with Crippen LogP contribution in [0.2, 0.25) is 0 Å². The molecule has 0 fully saturated rings. The molecule has 1 heterocycles. The van der Waals surface area contributed by atoms with Crippen molar-refractivity contribution in [1.82, 2.24) is 5.32 Å². The highest BCUT2D eigenvalue weighted by Gasteiger charge is 2.10. The maximum absolute atomic E-state index is 11.6. The Morgan fingerprint density at radius 3 is 2.95 bits per heavy atom. The molecule has 0 saturated carbocycles. The monoisotopic (exact) mass is 293 g/mol. The van der Waals surface area contributed by atoms with E-state index in [0.717, 1.165) is 19.3 Å². The van der Waals surface area contributed by atoms with Gasteiger partial charge in [-0.25, -0.2) is 4.79 Å². The van der Waals surface area contributed by atoms with Crippen LogP contribution in [0.25, 0.3) is 0 Å². The highest BCUT2D eigenvalue weighted by Crippen LogP contribution is 2.19. The molecule has 2 rings (SSSR count). The van der Waals surface area contributed by atoms with Gasteiger partial charge in [0.1, 0.15) is 4.88 Å². The first kappa shape index (κ1) is 14.8. The van der Waals surface area contributed by atoms with Crippen LogP contribution >= 0.6 is 11.3 Å². The molecule has 1 aromatic rings. The van der Waals surface area contributed by atoms with Crippen LogP contribution in [0.3, 0.4) is 0 Å². The van der Waals surface area contributed by atoms with E-state index < -0.39 is 5.97 Å². The van der Waals surface area contributed by atoms with Crippen LogP contribution in [0.4, 0.5) is 0 Å². The van der Waals surface area contributed by atoms with E-state index in [9.17, 15) is 9.59 Å². The van der Waals surface area contributed by atoms with Gasteiger partial charge in [-0.3, -0.25) is 4.79 Å². The summed E-state index contributed by atoms with van der Waals surface area (Å²) < 4.78 is 4.94. The van der Waals surface area contributed by atoms with Crippen LogP contribution < -0.4 is 5.32 Å². The van der Waals surface area contributed by atoms with Gasteiger partial charge in [0.05, 0.1) is 0 Å². The second-order valence-corrected chi connectivity index (χ2v) is 5.71. The quantitative estimate of drug-likeness (QED) is 0.648. The average molecular weight is 293 g/mol. The Balaban J connectivity index is 1.60. The fourth-order valence-corrected chi connectivity index (χ4v) is 2.76. The van der Waals surface area contributed by atoms with E-state index in [2.05, 4.69) is 11.4 Å². The van der Waals surface area contributed by atoms with E-state index in [-0.39, 0.29) is 12.5 Å². The first-order valence-corrected chi connectivity index (χ1v) is 7.79. The van der Waals surface area contributed by atoms with E-state index in [1.165, 1.54) is 29.8 Å². The Bertz CT molecular complexity index is 479. The van der Waals surface area contributed by atoms with Crippen LogP contribution in [0, 0.1) is 0 Å².